The Bertz CT molecular complexity index is 1580. The van der Waals surface area contributed by atoms with Gasteiger partial charge >= 0.3 is 0 Å². The van der Waals surface area contributed by atoms with Crippen LogP contribution in [0.4, 0.5) is 4.39 Å². The maximum absolute atomic E-state index is 13.7. The Labute approximate surface area is 216 Å². The first-order chi connectivity index (χ1) is 17.3. The SMILES string of the molecule is CC(F)CN1CCC(Oc2c(C#N)ncc3c2c2cc(Br)cnc2n3S(=O)(=O)c2ccccc2)CC1. The molecule has 0 saturated carbocycles. The number of alkyl halides is 1. The Hall–Kier alpha value is -3.07. The van der Waals surface area contributed by atoms with Crippen molar-refractivity contribution < 1.29 is 17.5 Å². The molecule has 1 aromatic carbocycles. The van der Waals surface area contributed by atoms with E-state index in [9.17, 15) is 18.1 Å². The standard InChI is InChI=1S/C25H23BrFN5O3S/c1-16(27)15-31-9-7-18(8-10-31)35-24-21(12-28)29-14-22-23(24)20-11-17(26)13-30-25(20)32(22)36(33,34)19-5-3-2-4-6-19/h2-6,11,13-14,16,18H,7-10,15H2,1H3. The van der Waals surface area contributed by atoms with Gasteiger partial charge in [-0.05, 0) is 53.9 Å². The van der Waals surface area contributed by atoms with Crippen LogP contribution in [0.2, 0.25) is 0 Å². The average molecular weight is 572 g/mol. The predicted molar refractivity (Wildman–Crippen MR) is 137 cm³/mol. The highest BCUT2D eigenvalue weighted by atomic mass is 79.9. The van der Waals surface area contributed by atoms with Crippen LogP contribution in [0.25, 0.3) is 21.9 Å². The monoisotopic (exact) mass is 571 g/mol. The first kappa shape index (κ1) is 24.6. The lowest BCUT2D eigenvalue weighted by molar-refractivity contribution is 0.0877. The van der Waals surface area contributed by atoms with Gasteiger partial charge < -0.3 is 9.64 Å². The zero-order chi connectivity index (χ0) is 25.4. The highest BCUT2D eigenvalue weighted by Crippen LogP contribution is 2.40. The Morgan fingerprint density at radius 1 is 1.22 bits per heavy atom. The van der Waals surface area contributed by atoms with Crippen LogP contribution in [-0.4, -0.2) is 59.2 Å². The summed E-state index contributed by atoms with van der Waals surface area (Å²) in [5.41, 5.74) is 0.557. The van der Waals surface area contributed by atoms with Gasteiger partial charge in [0.2, 0.25) is 0 Å². The Balaban J connectivity index is 1.67. The number of nitrogens with zero attached hydrogens (tertiary/aromatic N) is 5. The molecule has 4 aromatic rings. The van der Waals surface area contributed by atoms with Crippen LogP contribution in [-0.2, 0) is 10.0 Å². The normalized spacial score (nSPS) is 16.3. The molecule has 0 aliphatic carbocycles. The van der Waals surface area contributed by atoms with Crippen LogP contribution >= 0.6 is 15.9 Å². The van der Waals surface area contributed by atoms with Crippen molar-refractivity contribution in [3.63, 3.8) is 0 Å². The molecule has 0 radical (unpaired) electrons. The third-order valence-corrected chi connectivity index (χ3v) is 8.40. The number of nitriles is 1. The summed E-state index contributed by atoms with van der Waals surface area (Å²) in [6.45, 7) is 3.25. The molecule has 0 bridgehead atoms. The highest BCUT2D eigenvalue weighted by molar-refractivity contribution is 9.10. The van der Waals surface area contributed by atoms with Crippen LogP contribution < -0.4 is 4.74 Å². The predicted octanol–water partition coefficient (Wildman–Crippen LogP) is 4.66. The maximum Gasteiger partial charge on any atom is 0.269 e. The van der Waals surface area contributed by atoms with E-state index in [0.29, 0.717) is 47.7 Å². The minimum Gasteiger partial charge on any atom is -0.487 e. The van der Waals surface area contributed by atoms with E-state index in [2.05, 4.69) is 32.0 Å². The second kappa shape index (κ2) is 9.76. The quantitative estimate of drug-likeness (QED) is 0.331. The Kier molecular flexibility index (Phi) is 6.68. The molecule has 1 unspecified atom stereocenters. The van der Waals surface area contributed by atoms with Crippen molar-refractivity contribution in [1.29, 1.82) is 5.26 Å². The second-order valence-electron chi connectivity index (χ2n) is 8.81. The molecule has 1 fully saturated rings. The largest absolute Gasteiger partial charge is 0.487 e. The minimum absolute atomic E-state index is 0.0680. The maximum atomic E-state index is 13.7. The zero-order valence-corrected chi connectivity index (χ0v) is 21.8. The number of aromatic nitrogens is 3. The molecule has 1 saturated heterocycles. The molecule has 3 aromatic heterocycles. The summed E-state index contributed by atoms with van der Waals surface area (Å²) in [6, 6.07) is 11.9. The van der Waals surface area contributed by atoms with Crippen LogP contribution in [0.15, 0.2) is 58.2 Å². The van der Waals surface area contributed by atoms with E-state index >= 15 is 0 Å². The number of pyridine rings is 2. The molecule has 1 aliphatic rings. The number of halogens is 2. The highest BCUT2D eigenvalue weighted by Gasteiger charge is 2.30. The number of ether oxygens (including phenoxy) is 1. The molecule has 1 aliphatic heterocycles. The van der Waals surface area contributed by atoms with Crippen LogP contribution in [0.1, 0.15) is 25.5 Å². The van der Waals surface area contributed by atoms with Crippen molar-refractivity contribution in [3.05, 3.63) is 59.0 Å². The third kappa shape index (κ3) is 4.45. The lowest BCUT2D eigenvalue weighted by atomic mass is 10.1. The van der Waals surface area contributed by atoms with E-state index in [1.165, 1.54) is 24.5 Å². The van der Waals surface area contributed by atoms with E-state index in [4.69, 9.17) is 4.74 Å². The van der Waals surface area contributed by atoms with Crippen molar-refractivity contribution in [2.24, 2.45) is 0 Å². The summed E-state index contributed by atoms with van der Waals surface area (Å²) in [4.78, 5) is 10.8. The molecule has 5 rings (SSSR count). The molecule has 11 heteroatoms. The van der Waals surface area contributed by atoms with Gasteiger partial charge in [-0.1, -0.05) is 18.2 Å². The summed E-state index contributed by atoms with van der Waals surface area (Å²) in [7, 11) is -4.03. The van der Waals surface area contributed by atoms with Gasteiger partial charge in [-0.2, -0.15) is 5.26 Å². The van der Waals surface area contributed by atoms with Crippen molar-refractivity contribution in [2.75, 3.05) is 19.6 Å². The van der Waals surface area contributed by atoms with E-state index in [1.54, 1.807) is 31.2 Å². The second-order valence-corrected chi connectivity index (χ2v) is 11.5. The molecule has 4 heterocycles. The van der Waals surface area contributed by atoms with Crippen molar-refractivity contribution in [3.8, 4) is 11.8 Å². The number of rotatable bonds is 6. The summed E-state index contributed by atoms with van der Waals surface area (Å²) < 4.78 is 49.1. The van der Waals surface area contributed by atoms with E-state index < -0.39 is 16.2 Å². The lowest BCUT2D eigenvalue weighted by Gasteiger charge is -2.32. The van der Waals surface area contributed by atoms with Gasteiger partial charge in [0.1, 0.15) is 18.3 Å². The first-order valence-corrected chi connectivity index (χ1v) is 13.8. The number of likely N-dealkylation sites (tertiary alicyclic amines) is 1. The number of fused-ring (bicyclic) bond motifs is 3. The van der Waals surface area contributed by atoms with Gasteiger partial charge in [-0.25, -0.2) is 26.7 Å². The summed E-state index contributed by atoms with van der Waals surface area (Å²) in [6.07, 6.45) is 3.07. The zero-order valence-electron chi connectivity index (χ0n) is 19.4. The molecule has 0 N–H and O–H groups in total. The lowest BCUT2D eigenvalue weighted by Crippen LogP contribution is -2.40. The fourth-order valence-electron chi connectivity index (χ4n) is 4.66. The van der Waals surface area contributed by atoms with Crippen LogP contribution in [0.3, 0.4) is 0 Å². The fraction of sp³-hybridized carbons (Fsp3) is 0.320. The first-order valence-electron chi connectivity index (χ1n) is 11.5. The van der Waals surface area contributed by atoms with Gasteiger partial charge in [0.15, 0.2) is 17.1 Å². The summed E-state index contributed by atoms with van der Waals surface area (Å²) in [5.74, 6) is 0.235. The van der Waals surface area contributed by atoms with Crippen molar-refractivity contribution >= 4 is 47.9 Å². The molecule has 0 spiro atoms. The molecule has 0 amide bonds. The number of piperidine rings is 1. The number of hydrogen-bond donors (Lipinski definition) is 0. The van der Waals surface area contributed by atoms with E-state index in [0.717, 1.165) is 3.97 Å². The van der Waals surface area contributed by atoms with Gasteiger partial charge in [0.25, 0.3) is 10.0 Å². The molecule has 8 nitrogen and oxygen atoms in total. The number of benzene rings is 1. The van der Waals surface area contributed by atoms with Crippen molar-refractivity contribution in [2.45, 2.75) is 36.9 Å². The fourth-order valence-corrected chi connectivity index (χ4v) is 6.47. The topological polar surface area (TPSA) is 101 Å². The molecule has 1 atom stereocenters. The van der Waals surface area contributed by atoms with Gasteiger partial charge in [0, 0.05) is 35.7 Å². The molecular formula is C25H23BrFN5O3S. The molecular weight excluding hydrogens is 549 g/mol. The van der Waals surface area contributed by atoms with Crippen LogP contribution in [0.5, 0.6) is 5.75 Å². The van der Waals surface area contributed by atoms with Crippen molar-refractivity contribution in [1.82, 2.24) is 18.8 Å². The average Bonchev–Trinajstić information content (AvgIpc) is 3.20. The molecule has 186 valence electrons. The number of hydrogen-bond acceptors (Lipinski definition) is 7. The van der Waals surface area contributed by atoms with E-state index in [-0.39, 0.29) is 33.6 Å². The van der Waals surface area contributed by atoms with Gasteiger partial charge in [0.05, 0.1) is 22.0 Å². The van der Waals surface area contributed by atoms with Gasteiger partial charge in [-0.3, -0.25) is 0 Å². The Morgan fingerprint density at radius 2 is 1.94 bits per heavy atom. The Morgan fingerprint density at radius 3 is 2.61 bits per heavy atom. The smallest absolute Gasteiger partial charge is 0.269 e. The minimum atomic E-state index is -4.03. The van der Waals surface area contributed by atoms with Gasteiger partial charge in [-0.15, -0.1) is 0 Å². The summed E-state index contributed by atoms with van der Waals surface area (Å²) >= 11 is 3.43. The summed E-state index contributed by atoms with van der Waals surface area (Å²) in [5, 5.41) is 10.8. The van der Waals surface area contributed by atoms with Crippen LogP contribution in [0, 0.1) is 11.3 Å². The third-order valence-electron chi connectivity index (χ3n) is 6.24. The molecule has 36 heavy (non-hydrogen) atoms. The van der Waals surface area contributed by atoms with E-state index in [1.807, 2.05) is 4.90 Å².